The molecule has 3 heteroatoms. The van der Waals surface area contributed by atoms with Crippen LogP contribution in [-0.2, 0) is 0 Å². The smallest absolute Gasteiger partial charge is 0.343 e. The SMILES string of the molecule is CCCNc1ccc(OC(=O)c2ccc(C)cc2)cc1. The number of carbonyl (C=O) groups excluding carboxylic acids is 1. The molecule has 0 saturated carbocycles. The van der Waals surface area contributed by atoms with Crippen LogP contribution in [0.5, 0.6) is 5.75 Å². The van der Waals surface area contributed by atoms with E-state index in [0.29, 0.717) is 11.3 Å². The Morgan fingerprint density at radius 3 is 2.30 bits per heavy atom. The van der Waals surface area contributed by atoms with E-state index in [1.165, 1.54) is 0 Å². The molecule has 0 aliphatic carbocycles. The van der Waals surface area contributed by atoms with Crippen molar-refractivity contribution in [1.29, 1.82) is 0 Å². The first kappa shape index (κ1) is 14.1. The Kier molecular flexibility index (Phi) is 4.77. The number of carbonyl (C=O) groups is 1. The highest BCUT2D eigenvalue weighted by Crippen LogP contribution is 2.17. The van der Waals surface area contributed by atoms with Gasteiger partial charge in [-0.25, -0.2) is 4.79 Å². The van der Waals surface area contributed by atoms with Crippen molar-refractivity contribution in [2.75, 3.05) is 11.9 Å². The average molecular weight is 269 g/mol. The Hall–Kier alpha value is -2.29. The van der Waals surface area contributed by atoms with Crippen LogP contribution in [0.3, 0.4) is 0 Å². The number of hydrogen-bond donors (Lipinski definition) is 1. The summed E-state index contributed by atoms with van der Waals surface area (Å²) in [5.74, 6) is 0.219. The maximum Gasteiger partial charge on any atom is 0.343 e. The summed E-state index contributed by atoms with van der Waals surface area (Å²) in [6, 6.07) is 14.8. The van der Waals surface area contributed by atoms with Crippen molar-refractivity contribution in [3.63, 3.8) is 0 Å². The minimum atomic E-state index is -0.334. The van der Waals surface area contributed by atoms with Crippen LogP contribution in [0, 0.1) is 6.92 Å². The Balaban J connectivity index is 1.99. The van der Waals surface area contributed by atoms with E-state index >= 15 is 0 Å². The first-order chi connectivity index (χ1) is 9.69. The molecule has 0 radical (unpaired) electrons. The van der Waals surface area contributed by atoms with Crippen LogP contribution in [0.2, 0.25) is 0 Å². The number of anilines is 1. The standard InChI is InChI=1S/C17H19NO2/c1-3-12-18-15-8-10-16(11-9-15)20-17(19)14-6-4-13(2)5-7-14/h4-11,18H,3,12H2,1-2H3. The number of ether oxygens (including phenoxy) is 1. The van der Waals surface area contributed by atoms with Gasteiger partial charge in [-0.2, -0.15) is 0 Å². The predicted octanol–water partition coefficient (Wildman–Crippen LogP) is 4.04. The van der Waals surface area contributed by atoms with E-state index in [9.17, 15) is 4.79 Å². The Morgan fingerprint density at radius 2 is 1.70 bits per heavy atom. The topological polar surface area (TPSA) is 38.3 Å². The van der Waals surface area contributed by atoms with Crippen LogP contribution in [0.15, 0.2) is 48.5 Å². The van der Waals surface area contributed by atoms with Crippen molar-refractivity contribution < 1.29 is 9.53 Å². The third-order valence-corrected chi connectivity index (χ3v) is 2.93. The summed E-state index contributed by atoms with van der Waals surface area (Å²) >= 11 is 0. The molecule has 3 nitrogen and oxygen atoms in total. The molecule has 0 aliphatic rings. The molecule has 0 aliphatic heterocycles. The summed E-state index contributed by atoms with van der Waals surface area (Å²) in [5, 5.41) is 3.27. The lowest BCUT2D eigenvalue weighted by Gasteiger charge is -2.07. The second kappa shape index (κ2) is 6.75. The van der Waals surface area contributed by atoms with Gasteiger partial charge in [0.1, 0.15) is 5.75 Å². The highest BCUT2D eigenvalue weighted by atomic mass is 16.5. The normalized spacial score (nSPS) is 10.1. The first-order valence-corrected chi connectivity index (χ1v) is 6.82. The van der Waals surface area contributed by atoms with E-state index in [1.54, 1.807) is 24.3 Å². The summed E-state index contributed by atoms with van der Waals surface area (Å²) in [5.41, 5.74) is 2.71. The van der Waals surface area contributed by atoms with E-state index in [-0.39, 0.29) is 5.97 Å². The van der Waals surface area contributed by atoms with Crippen molar-refractivity contribution >= 4 is 11.7 Å². The fourth-order valence-electron chi connectivity index (χ4n) is 1.77. The third-order valence-electron chi connectivity index (χ3n) is 2.93. The highest BCUT2D eigenvalue weighted by molar-refractivity contribution is 5.91. The van der Waals surface area contributed by atoms with E-state index in [1.807, 2.05) is 31.2 Å². The minimum absolute atomic E-state index is 0.334. The number of benzene rings is 2. The van der Waals surface area contributed by atoms with Gasteiger partial charge in [0.25, 0.3) is 0 Å². The lowest BCUT2D eigenvalue weighted by atomic mass is 10.1. The van der Waals surface area contributed by atoms with E-state index < -0.39 is 0 Å². The first-order valence-electron chi connectivity index (χ1n) is 6.82. The van der Waals surface area contributed by atoms with Gasteiger partial charge in [-0.3, -0.25) is 0 Å². The lowest BCUT2D eigenvalue weighted by molar-refractivity contribution is 0.0735. The molecule has 0 saturated heterocycles. The van der Waals surface area contributed by atoms with Gasteiger partial charge in [0, 0.05) is 12.2 Å². The Labute approximate surface area is 119 Å². The molecule has 2 rings (SSSR count). The minimum Gasteiger partial charge on any atom is -0.423 e. The zero-order valence-corrected chi connectivity index (χ0v) is 11.8. The monoisotopic (exact) mass is 269 g/mol. The maximum atomic E-state index is 11.9. The molecule has 0 atom stereocenters. The van der Waals surface area contributed by atoms with Gasteiger partial charge in [0.15, 0.2) is 0 Å². The van der Waals surface area contributed by atoms with Crippen molar-refractivity contribution in [1.82, 2.24) is 0 Å². The Morgan fingerprint density at radius 1 is 1.05 bits per heavy atom. The molecule has 0 fully saturated rings. The maximum absolute atomic E-state index is 11.9. The summed E-state index contributed by atoms with van der Waals surface area (Å²) < 4.78 is 5.33. The predicted molar refractivity (Wildman–Crippen MR) is 81.4 cm³/mol. The number of nitrogens with one attached hydrogen (secondary N) is 1. The number of rotatable bonds is 5. The second-order valence-corrected chi connectivity index (χ2v) is 4.71. The molecule has 2 aromatic carbocycles. The van der Waals surface area contributed by atoms with Crippen molar-refractivity contribution in [2.45, 2.75) is 20.3 Å². The largest absolute Gasteiger partial charge is 0.423 e. The quantitative estimate of drug-likeness (QED) is 0.657. The van der Waals surface area contributed by atoms with E-state index in [0.717, 1.165) is 24.2 Å². The molecule has 0 aromatic heterocycles. The van der Waals surface area contributed by atoms with Crippen molar-refractivity contribution in [2.24, 2.45) is 0 Å². The van der Waals surface area contributed by atoms with Gasteiger partial charge in [-0.1, -0.05) is 24.6 Å². The van der Waals surface area contributed by atoms with Crippen LogP contribution in [0.1, 0.15) is 29.3 Å². The van der Waals surface area contributed by atoms with Crippen LogP contribution < -0.4 is 10.1 Å². The lowest BCUT2D eigenvalue weighted by Crippen LogP contribution is -2.08. The van der Waals surface area contributed by atoms with Crippen LogP contribution in [0.25, 0.3) is 0 Å². The second-order valence-electron chi connectivity index (χ2n) is 4.71. The van der Waals surface area contributed by atoms with Gasteiger partial charge < -0.3 is 10.1 Å². The molecule has 0 spiro atoms. The van der Waals surface area contributed by atoms with Crippen molar-refractivity contribution in [3.05, 3.63) is 59.7 Å². The molecule has 0 unspecified atom stereocenters. The average Bonchev–Trinajstić information content (AvgIpc) is 2.47. The van der Waals surface area contributed by atoms with Gasteiger partial charge in [0.2, 0.25) is 0 Å². The molecule has 104 valence electrons. The highest BCUT2D eigenvalue weighted by Gasteiger charge is 2.07. The van der Waals surface area contributed by atoms with E-state index in [2.05, 4.69) is 12.2 Å². The summed E-state index contributed by atoms with van der Waals surface area (Å²) in [6.45, 7) is 5.03. The van der Waals surface area contributed by atoms with Gasteiger partial charge >= 0.3 is 5.97 Å². The summed E-state index contributed by atoms with van der Waals surface area (Å²) in [7, 11) is 0. The summed E-state index contributed by atoms with van der Waals surface area (Å²) in [4.78, 5) is 11.9. The zero-order valence-electron chi connectivity index (χ0n) is 11.8. The molecular weight excluding hydrogens is 250 g/mol. The molecule has 0 amide bonds. The molecule has 0 heterocycles. The number of hydrogen-bond acceptors (Lipinski definition) is 3. The zero-order chi connectivity index (χ0) is 14.4. The molecular formula is C17H19NO2. The fourth-order valence-corrected chi connectivity index (χ4v) is 1.77. The van der Waals surface area contributed by atoms with Gasteiger partial charge in [-0.05, 0) is 49.7 Å². The van der Waals surface area contributed by atoms with Gasteiger partial charge in [-0.15, -0.1) is 0 Å². The number of aryl methyl sites for hydroxylation is 1. The van der Waals surface area contributed by atoms with Crippen molar-refractivity contribution in [3.8, 4) is 5.75 Å². The van der Waals surface area contributed by atoms with Gasteiger partial charge in [0.05, 0.1) is 5.56 Å². The van der Waals surface area contributed by atoms with Crippen LogP contribution in [0.4, 0.5) is 5.69 Å². The molecule has 0 bridgehead atoms. The molecule has 1 N–H and O–H groups in total. The molecule has 20 heavy (non-hydrogen) atoms. The third kappa shape index (κ3) is 3.85. The summed E-state index contributed by atoms with van der Waals surface area (Å²) in [6.07, 6.45) is 1.07. The molecule has 2 aromatic rings. The number of esters is 1. The van der Waals surface area contributed by atoms with E-state index in [4.69, 9.17) is 4.74 Å². The van der Waals surface area contributed by atoms with Crippen LogP contribution >= 0.6 is 0 Å². The van der Waals surface area contributed by atoms with Crippen LogP contribution in [-0.4, -0.2) is 12.5 Å². The Bertz CT molecular complexity index is 559. The fraction of sp³-hybridized carbons (Fsp3) is 0.235.